The standard InChI is InChI=1S/C37H43N7O3.2ClH/c1-25(2)47-36-30(35(46-3)40-34(41-36)28-14-15-28)23-42-21-29-22-43(37(45)31-20-38-16-17-39-31)18-19-44(29)32(24-42)33(26-10-6-4-7-11-26)27-12-8-5-9-13-27;;/h4-13,16-17,20,25,28-29,32-33H,14-15,18-19,21-24H2,1-3H3;2*1H/t29-,32+;;/m1../s1. The second-order valence-electron chi connectivity index (χ2n) is 13.1. The highest BCUT2D eigenvalue weighted by Gasteiger charge is 2.44. The fourth-order valence-corrected chi connectivity index (χ4v) is 7.18. The molecule has 0 N–H and O–H groups in total. The van der Waals surface area contributed by atoms with Crippen molar-refractivity contribution in [1.82, 2.24) is 34.6 Å². The molecular formula is C37H45Cl2N7O3. The van der Waals surface area contributed by atoms with Crippen molar-refractivity contribution >= 4 is 30.7 Å². The summed E-state index contributed by atoms with van der Waals surface area (Å²) in [5.74, 6) is 2.43. The van der Waals surface area contributed by atoms with Gasteiger partial charge in [-0.3, -0.25) is 19.6 Å². The fraction of sp³-hybridized carbons (Fsp3) is 0.432. The minimum Gasteiger partial charge on any atom is -0.481 e. The number of aromatic nitrogens is 4. The minimum atomic E-state index is -0.0764. The molecule has 0 unspecified atom stereocenters. The largest absolute Gasteiger partial charge is 0.481 e. The summed E-state index contributed by atoms with van der Waals surface area (Å²) < 4.78 is 12.2. The van der Waals surface area contributed by atoms with E-state index in [2.05, 4.69) is 80.4 Å². The smallest absolute Gasteiger partial charge is 0.274 e. The highest BCUT2D eigenvalue weighted by Crippen LogP contribution is 2.42. The van der Waals surface area contributed by atoms with Crippen LogP contribution in [0.3, 0.4) is 0 Å². The molecule has 0 radical (unpaired) electrons. The quantitative estimate of drug-likeness (QED) is 0.208. The van der Waals surface area contributed by atoms with Gasteiger partial charge < -0.3 is 14.4 Å². The second-order valence-corrected chi connectivity index (χ2v) is 13.1. The van der Waals surface area contributed by atoms with Gasteiger partial charge in [0.1, 0.15) is 11.5 Å². The normalized spacial score (nSPS) is 19.5. The summed E-state index contributed by atoms with van der Waals surface area (Å²) in [7, 11) is 1.68. The molecule has 2 atom stereocenters. The monoisotopic (exact) mass is 705 g/mol. The maximum Gasteiger partial charge on any atom is 0.274 e. The summed E-state index contributed by atoms with van der Waals surface area (Å²) in [5.41, 5.74) is 3.81. The van der Waals surface area contributed by atoms with Gasteiger partial charge >= 0.3 is 0 Å². The lowest BCUT2D eigenvalue weighted by molar-refractivity contribution is -0.0294. The summed E-state index contributed by atoms with van der Waals surface area (Å²) in [5, 5.41) is 0. The summed E-state index contributed by atoms with van der Waals surface area (Å²) in [6.07, 6.45) is 6.88. The molecule has 0 bridgehead atoms. The number of carbonyl (C=O) groups excluding carboxylic acids is 1. The van der Waals surface area contributed by atoms with Crippen LogP contribution in [0.25, 0.3) is 0 Å². The Morgan fingerprint density at radius 3 is 2.14 bits per heavy atom. The predicted molar refractivity (Wildman–Crippen MR) is 193 cm³/mol. The van der Waals surface area contributed by atoms with Crippen molar-refractivity contribution in [1.29, 1.82) is 0 Å². The number of nitrogens with zero attached hydrogens (tertiary/aromatic N) is 7. The Kier molecular flexibility index (Phi) is 12.1. The van der Waals surface area contributed by atoms with Crippen LogP contribution in [0.2, 0.25) is 0 Å². The number of carbonyl (C=O) groups is 1. The molecule has 4 heterocycles. The summed E-state index contributed by atoms with van der Waals surface area (Å²) in [4.78, 5) is 38.9. The van der Waals surface area contributed by atoms with Gasteiger partial charge in [0.15, 0.2) is 0 Å². The van der Waals surface area contributed by atoms with Gasteiger partial charge in [-0.15, -0.1) is 24.8 Å². The lowest BCUT2D eigenvalue weighted by Gasteiger charge is -2.53. The molecule has 260 valence electrons. The first-order chi connectivity index (χ1) is 23.0. The Labute approximate surface area is 301 Å². The van der Waals surface area contributed by atoms with Crippen molar-refractivity contribution in [2.24, 2.45) is 0 Å². The molecule has 1 saturated carbocycles. The zero-order valence-corrected chi connectivity index (χ0v) is 29.9. The van der Waals surface area contributed by atoms with Gasteiger partial charge in [-0.2, -0.15) is 9.97 Å². The number of ether oxygens (including phenoxy) is 2. The number of halogens is 2. The number of hydrogen-bond acceptors (Lipinski definition) is 9. The highest BCUT2D eigenvalue weighted by molar-refractivity contribution is 5.92. The van der Waals surface area contributed by atoms with Crippen molar-refractivity contribution in [2.45, 2.75) is 63.3 Å². The maximum absolute atomic E-state index is 13.6. The first-order valence-corrected chi connectivity index (χ1v) is 16.7. The molecule has 7 rings (SSSR count). The van der Waals surface area contributed by atoms with Crippen molar-refractivity contribution in [2.75, 3.05) is 39.8 Å². The Morgan fingerprint density at radius 2 is 1.55 bits per heavy atom. The van der Waals surface area contributed by atoms with E-state index in [0.717, 1.165) is 43.9 Å². The van der Waals surface area contributed by atoms with E-state index in [1.807, 2.05) is 18.7 Å². The van der Waals surface area contributed by atoms with Crippen LogP contribution in [0.15, 0.2) is 79.3 Å². The van der Waals surface area contributed by atoms with Gasteiger partial charge in [0.25, 0.3) is 5.91 Å². The molecule has 2 aromatic carbocycles. The Hall–Kier alpha value is -3.83. The zero-order chi connectivity index (χ0) is 32.3. The van der Waals surface area contributed by atoms with Gasteiger partial charge in [-0.05, 0) is 37.8 Å². The molecule has 0 spiro atoms. The Morgan fingerprint density at radius 1 is 0.878 bits per heavy atom. The first-order valence-electron chi connectivity index (χ1n) is 16.7. The van der Waals surface area contributed by atoms with Crippen molar-refractivity contribution in [3.8, 4) is 11.8 Å². The number of piperazine rings is 2. The van der Waals surface area contributed by atoms with E-state index in [1.54, 1.807) is 25.7 Å². The summed E-state index contributed by atoms with van der Waals surface area (Å²) in [6, 6.07) is 21.9. The van der Waals surface area contributed by atoms with Crippen LogP contribution in [0.5, 0.6) is 11.8 Å². The molecule has 2 aromatic heterocycles. The van der Waals surface area contributed by atoms with E-state index in [1.165, 1.54) is 11.1 Å². The van der Waals surface area contributed by atoms with Crippen LogP contribution in [0.1, 0.15) is 71.5 Å². The van der Waals surface area contributed by atoms with Crippen LogP contribution < -0.4 is 9.47 Å². The van der Waals surface area contributed by atoms with Crippen LogP contribution >= 0.6 is 24.8 Å². The first kappa shape index (κ1) is 36.5. The van der Waals surface area contributed by atoms with E-state index in [0.29, 0.717) is 43.0 Å². The summed E-state index contributed by atoms with van der Waals surface area (Å²) in [6.45, 7) is 8.22. The van der Waals surface area contributed by atoms with Crippen molar-refractivity contribution in [3.05, 3.63) is 107 Å². The molecule has 2 aliphatic heterocycles. The van der Waals surface area contributed by atoms with E-state index in [-0.39, 0.29) is 54.8 Å². The molecule has 10 nitrogen and oxygen atoms in total. The van der Waals surface area contributed by atoms with Crippen LogP contribution in [0, 0.1) is 0 Å². The number of hydrogen-bond donors (Lipinski definition) is 0. The third-order valence-corrected chi connectivity index (χ3v) is 9.45. The average molecular weight is 707 g/mol. The molecule has 49 heavy (non-hydrogen) atoms. The van der Waals surface area contributed by atoms with Gasteiger partial charge in [0.2, 0.25) is 11.8 Å². The number of benzene rings is 2. The third-order valence-electron chi connectivity index (χ3n) is 9.45. The highest BCUT2D eigenvalue weighted by atomic mass is 35.5. The molecular weight excluding hydrogens is 661 g/mol. The molecule has 1 amide bonds. The van der Waals surface area contributed by atoms with E-state index >= 15 is 0 Å². The van der Waals surface area contributed by atoms with Crippen molar-refractivity contribution < 1.29 is 14.3 Å². The number of methoxy groups -OCH3 is 1. The van der Waals surface area contributed by atoms with Crippen LogP contribution in [0.4, 0.5) is 0 Å². The summed E-state index contributed by atoms with van der Waals surface area (Å²) >= 11 is 0. The van der Waals surface area contributed by atoms with Gasteiger partial charge in [0.05, 0.1) is 25.0 Å². The van der Waals surface area contributed by atoms with Crippen LogP contribution in [-0.2, 0) is 6.54 Å². The van der Waals surface area contributed by atoms with E-state index in [9.17, 15) is 4.79 Å². The lowest BCUT2D eigenvalue weighted by Crippen LogP contribution is -2.67. The molecule has 2 saturated heterocycles. The van der Waals surface area contributed by atoms with E-state index in [4.69, 9.17) is 19.4 Å². The maximum atomic E-state index is 13.6. The molecule has 12 heteroatoms. The second kappa shape index (κ2) is 16.3. The Bertz CT molecular complexity index is 1630. The Balaban J connectivity index is 0.00000234. The number of rotatable bonds is 10. The van der Waals surface area contributed by atoms with Crippen LogP contribution in [-0.4, -0.2) is 98.6 Å². The molecule has 4 aromatic rings. The zero-order valence-electron chi connectivity index (χ0n) is 28.2. The average Bonchev–Trinajstić information content (AvgIpc) is 3.96. The predicted octanol–water partition coefficient (Wildman–Crippen LogP) is 5.63. The molecule has 1 aliphatic carbocycles. The van der Waals surface area contributed by atoms with Gasteiger partial charge in [-0.25, -0.2) is 4.98 Å². The van der Waals surface area contributed by atoms with Crippen molar-refractivity contribution in [3.63, 3.8) is 0 Å². The lowest BCUT2D eigenvalue weighted by atomic mass is 9.81. The third kappa shape index (κ3) is 8.15. The van der Waals surface area contributed by atoms with E-state index < -0.39 is 0 Å². The van der Waals surface area contributed by atoms with Gasteiger partial charge in [-0.1, -0.05) is 60.7 Å². The minimum absolute atomic E-state index is 0. The van der Waals surface area contributed by atoms with Gasteiger partial charge in [0, 0.05) is 75.6 Å². The fourth-order valence-electron chi connectivity index (χ4n) is 7.18. The number of fused-ring (bicyclic) bond motifs is 1. The number of amides is 1. The SMILES string of the molecule is COc1nc(C2CC2)nc(OC(C)C)c1CN1C[C@@H]2CN(C(=O)c3cnccn3)CCN2[C@H](C(c2ccccc2)c2ccccc2)C1.Cl.Cl. The molecule has 3 aliphatic rings. The molecule has 3 fully saturated rings. The topological polar surface area (TPSA) is 96.8 Å².